The highest BCUT2D eigenvalue weighted by Crippen LogP contribution is 2.34. The lowest BCUT2D eigenvalue weighted by atomic mass is 10.1. The van der Waals surface area contributed by atoms with Gasteiger partial charge in [-0.2, -0.15) is 0 Å². The maximum atomic E-state index is 13.0. The summed E-state index contributed by atoms with van der Waals surface area (Å²) in [5, 5.41) is 0. The monoisotopic (exact) mass is 404 g/mol. The molecule has 154 valence electrons. The predicted molar refractivity (Wildman–Crippen MR) is 113 cm³/mol. The van der Waals surface area contributed by atoms with Crippen molar-refractivity contribution in [2.45, 2.75) is 12.6 Å². The number of fused-ring (bicyclic) bond motifs is 1. The fraction of sp³-hybridized carbons (Fsp3) is 0.304. The highest BCUT2D eigenvalue weighted by molar-refractivity contribution is 5.83. The Bertz CT molecular complexity index is 998. The molecule has 5 rings (SSSR count). The van der Waals surface area contributed by atoms with E-state index in [0.29, 0.717) is 39.4 Å². The van der Waals surface area contributed by atoms with E-state index in [-0.39, 0.29) is 5.91 Å². The molecule has 0 radical (unpaired) electrons. The summed E-state index contributed by atoms with van der Waals surface area (Å²) in [4.78, 5) is 21.2. The Balaban J connectivity index is 1.35. The van der Waals surface area contributed by atoms with Crippen molar-refractivity contribution in [1.82, 2.24) is 14.5 Å². The molecule has 2 aliphatic heterocycles. The SMILES string of the molecule is O=C(C1CN(Cc2ccc(-n3ccnc3)cc2)c2ccccc2O1)N1CCOCC1. The van der Waals surface area contributed by atoms with E-state index in [1.165, 1.54) is 5.56 Å². The Morgan fingerprint density at radius 2 is 1.87 bits per heavy atom. The van der Waals surface area contributed by atoms with Crippen LogP contribution in [0.5, 0.6) is 5.75 Å². The second-order valence-electron chi connectivity index (χ2n) is 7.53. The van der Waals surface area contributed by atoms with Crippen LogP contribution in [-0.2, 0) is 16.1 Å². The molecular weight excluding hydrogens is 380 g/mol. The summed E-state index contributed by atoms with van der Waals surface area (Å²) >= 11 is 0. The zero-order valence-electron chi connectivity index (χ0n) is 16.7. The first-order valence-corrected chi connectivity index (χ1v) is 10.2. The quantitative estimate of drug-likeness (QED) is 0.669. The Morgan fingerprint density at radius 1 is 1.07 bits per heavy atom. The number of benzene rings is 2. The van der Waals surface area contributed by atoms with E-state index in [1.54, 1.807) is 12.5 Å². The molecule has 7 heteroatoms. The van der Waals surface area contributed by atoms with E-state index < -0.39 is 6.10 Å². The minimum Gasteiger partial charge on any atom is -0.477 e. The third kappa shape index (κ3) is 3.76. The molecule has 0 aliphatic carbocycles. The minimum absolute atomic E-state index is 0.0354. The van der Waals surface area contributed by atoms with Gasteiger partial charge in [-0.05, 0) is 29.8 Å². The number of hydrogen-bond donors (Lipinski definition) is 0. The first-order chi connectivity index (χ1) is 14.8. The number of aromatic nitrogens is 2. The lowest BCUT2D eigenvalue weighted by Gasteiger charge is -2.38. The molecule has 0 bridgehead atoms. The van der Waals surface area contributed by atoms with Crippen LogP contribution in [0.3, 0.4) is 0 Å². The lowest BCUT2D eigenvalue weighted by Crippen LogP contribution is -2.52. The van der Waals surface area contributed by atoms with Crippen LogP contribution >= 0.6 is 0 Å². The van der Waals surface area contributed by atoms with Gasteiger partial charge < -0.3 is 23.8 Å². The molecule has 1 atom stereocenters. The molecule has 1 unspecified atom stereocenters. The molecule has 1 amide bonds. The number of ether oxygens (including phenoxy) is 2. The number of carbonyl (C=O) groups is 1. The maximum Gasteiger partial charge on any atom is 0.265 e. The minimum atomic E-state index is -0.511. The predicted octanol–water partition coefficient (Wildman–Crippen LogP) is 2.50. The zero-order chi connectivity index (χ0) is 20.3. The van der Waals surface area contributed by atoms with E-state index in [1.807, 2.05) is 39.9 Å². The van der Waals surface area contributed by atoms with Crippen molar-refractivity contribution in [3.63, 3.8) is 0 Å². The summed E-state index contributed by atoms with van der Waals surface area (Å²) in [5.74, 6) is 0.790. The van der Waals surface area contributed by atoms with Crippen LogP contribution in [0, 0.1) is 0 Å². The fourth-order valence-electron chi connectivity index (χ4n) is 3.98. The molecule has 30 heavy (non-hydrogen) atoms. The molecule has 1 fully saturated rings. The highest BCUT2D eigenvalue weighted by Gasteiger charge is 2.34. The number of hydrogen-bond acceptors (Lipinski definition) is 5. The standard InChI is InChI=1S/C23H24N4O3/c28-23(25-11-13-29-14-12-25)22-16-27(20-3-1-2-4-21(20)30-22)15-18-5-7-19(8-6-18)26-10-9-24-17-26/h1-10,17,22H,11-16H2. The number of morpholine rings is 1. The number of nitrogens with zero attached hydrogens (tertiary/aromatic N) is 4. The van der Waals surface area contributed by atoms with Crippen LogP contribution in [0.4, 0.5) is 5.69 Å². The van der Waals surface area contributed by atoms with Gasteiger partial charge in [0, 0.05) is 37.7 Å². The highest BCUT2D eigenvalue weighted by atomic mass is 16.5. The van der Waals surface area contributed by atoms with E-state index in [0.717, 1.165) is 17.1 Å². The average molecular weight is 404 g/mol. The first-order valence-electron chi connectivity index (χ1n) is 10.2. The normalized spacial score (nSPS) is 18.6. The van der Waals surface area contributed by atoms with Crippen LogP contribution in [0.1, 0.15) is 5.56 Å². The van der Waals surface area contributed by atoms with Crippen LogP contribution < -0.4 is 9.64 Å². The van der Waals surface area contributed by atoms with E-state index in [2.05, 4.69) is 34.1 Å². The van der Waals surface area contributed by atoms with Gasteiger partial charge in [0.25, 0.3) is 5.91 Å². The maximum absolute atomic E-state index is 13.0. The topological polar surface area (TPSA) is 59.8 Å². The summed E-state index contributed by atoms with van der Waals surface area (Å²) in [6.45, 7) is 3.64. The van der Waals surface area contributed by atoms with Crippen molar-refractivity contribution in [2.75, 3.05) is 37.7 Å². The Kier molecular flexibility index (Phi) is 5.11. The number of rotatable bonds is 4. The summed E-state index contributed by atoms with van der Waals surface area (Å²) < 4.78 is 13.5. The van der Waals surface area contributed by atoms with Crippen molar-refractivity contribution < 1.29 is 14.3 Å². The molecule has 1 aromatic heterocycles. The molecule has 3 aromatic rings. The van der Waals surface area contributed by atoms with Crippen LogP contribution in [0.15, 0.2) is 67.3 Å². The van der Waals surface area contributed by atoms with Gasteiger partial charge >= 0.3 is 0 Å². The van der Waals surface area contributed by atoms with E-state index in [9.17, 15) is 4.79 Å². The van der Waals surface area contributed by atoms with Crippen molar-refractivity contribution in [1.29, 1.82) is 0 Å². The molecule has 0 saturated carbocycles. The van der Waals surface area contributed by atoms with Crippen molar-refractivity contribution in [2.24, 2.45) is 0 Å². The number of amides is 1. The molecule has 1 saturated heterocycles. The third-order valence-corrected chi connectivity index (χ3v) is 5.57. The van der Waals surface area contributed by atoms with Gasteiger partial charge in [0.1, 0.15) is 5.75 Å². The van der Waals surface area contributed by atoms with Gasteiger partial charge in [-0.15, -0.1) is 0 Å². The molecule has 7 nitrogen and oxygen atoms in total. The molecule has 2 aromatic carbocycles. The van der Waals surface area contributed by atoms with Crippen molar-refractivity contribution >= 4 is 11.6 Å². The van der Waals surface area contributed by atoms with Gasteiger partial charge in [-0.1, -0.05) is 24.3 Å². The first kappa shape index (κ1) is 18.7. The summed E-state index contributed by atoms with van der Waals surface area (Å²) in [6, 6.07) is 16.3. The number of imidazole rings is 1. The zero-order valence-corrected chi connectivity index (χ0v) is 16.7. The molecule has 2 aliphatic rings. The van der Waals surface area contributed by atoms with Gasteiger partial charge in [-0.25, -0.2) is 4.98 Å². The van der Waals surface area contributed by atoms with Gasteiger partial charge in [0.2, 0.25) is 0 Å². The molecule has 3 heterocycles. The van der Waals surface area contributed by atoms with E-state index in [4.69, 9.17) is 9.47 Å². The average Bonchev–Trinajstić information content (AvgIpc) is 3.35. The van der Waals surface area contributed by atoms with Crippen LogP contribution in [0.2, 0.25) is 0 Å². The Labute approximate surface area is 175 Å². The summed E-state index contributed by atoms with van der Waals surface area (Å²) in [5.41, 5.74) is 3.26. The molecule has 0 N–H and O–H groups in total. The number of para-hydroxylation sites is 2. The van der Waals surface area contributed by atoms with Crippen molar-refractivity contribution in [3.05, 3.63) is 72.8 Å². The summed E-state index contributed by atoms with van der Waals surface area (Å²) in [6.07, 6.45) is 4.97. The third-order valence-electron chi connectivity index (χ3n) is 5.57. The second-order valence-corrected chi connectivity index (χ2v) is 7.53. The number of anilines is 1. The molecular formula is C23H24N4O3. The van der Waals surface area contributed by atoms with Gasteiger partial charge in [0.05, 0.1) is 31.8 Å². The number of carbonyl (C=O) groups excluding carboxylic acids is 1. The smallest absolute Gasteiger partial charge is 0.265 e. The lowest BCUT2D eigenvalue weighted by molar-refractivity contribution is -0.142. The van der Waals surface area contributed by atoms with Crippen LogP contribution in [-0.4, -0.2) is 59.3 Å². The molecule has 0 spiro atoms. The van der Waals surface area contributed by atoms with Crippen molar-refractivity contribution in [3.8, 4) is 11.4 Å². The van der Waals surface area contributed by atoms with E-state index >= 15 is 0 Å². The summed E-state index contributed by atoms with van der Waals surface area (Å²) in [7, 11) is 0. The second kappa shape index (κ2) is 8.20. The van der Waals surface area contributed by atoms with Gasteiger partial charge in [-0.3, -0.25) is 4.79 Å². The van der Waals surface area contributed by atoms with Gasteiger partial charge in [0.15, 0.2) is 6.10 Å². The van der Waals surface area contributed by atoms with Crippen LogP contribution in [0.25, 0.3) is 5.69 Å². The largest absolute Gasteiger partial charge is 0.477 e. The Hall–Kier alpha value is -3.32. The Morgan fingerprint density at radius 3 is 2.63 bits per heavy atom. The fourth-order valence-corrected chi connectivity index (χ4v) is 3.98.